The van der Waals surface area contributed by atoms with Crippen LogP contribution < -0.4 is 16.4 Å². The molecule has 16 heavy (non-hydrogen) atoms. The van der Waals surface area contributed by atoms with Crippen molar-refractivity contribution >= 4 is 11.9 Å². The van der Waals surface area contributed by atoms with Gasteiger partial charge in [-0.3, -0.25) is 10.1 Å². The maximum absolute atomic E-state index is 11.4. The average molecular weight is 227 g/mol. The van der Waals surface area contributed by atoms with Crippen molar-refractivity contribution in [2.45, 2.75) is 51.6 Å². The zero-order valence-electron chi connectivity index (χ0n) is 9.95. The molecule has 1 aliphatic rings. The second-order valence-electron chi connectivity index (χ2n) is 4.53. The molecule has 5 heteroatoms. The lowest BCUT2D eigenvalue weighted by atomic mass is 10.1. The molecule has 5 nitrogen and oxygen atoms in total. The molecule has 0 spiro atoms. The summed E-state index contributed by atoms with van der Waals surface area (Å²) in [5.41, 5.74) is 4.89. The standard InChI is InChI=1S/C11H21N3O2/c1-3-9(6-8-4-5-8)13-7(2)10(15)14-11(12)16/h7-9,13H,3-6H2,1-2H3,(H3,12,14,15,16). The Hall–Kier alpha value is -1.10. The van der Waals surface area contributed by atoms with Gasteiger partial charge < -0.3 is 11.1 Å². The van der Waals surface area contributed by atoms with Crippen LogP contribution in [0.5, 0.6) is 0 Å². The molecule has 0 aromatic rings. The van der Waals surface area contributed by atoms with Crippen LogP contribution in [-0.2, 0) is 4.79 Å². The van der Waals surface area contributed by atoms with Crippen molar-refractivity contribution in [2.24, 2.45) is 11.7 Å². The summed E-state index contributed by atoms with van der Waals surface area (Å²) >= 11 is 0. The lowest BCUT2D eigenvalue weighted by Gasteiger charge is -2.21. The number of amides is 3. The van der Waals surface area contributed by atoms with E-state index in [4.69, 9.17) is 5.73 Å². The van der Waals surface area contributed by atoms with E-state index in [0.29, 0.717) is 6.04 Å². The number of hydrogen-bond acceptors (Lipinski definition) is 3. The van der Waals surface area contributed by atoms with E-state index in [9.17, 15) is 9.59 Å². The zero-order valence-corrected chi connectivity index (χ0v) is 9.95. The van der Waals surface area contributed by atoms with E-state index in [2.05, 4.69) is 17.6 Å². The van der Waals surface area contributed by atoms with Gasteiger partial charge in [-0.2, -0.15) is 0 Å². The molecule has 0 aromatic carbocycles. The number of nitrogens with two attached hydrogens (primary N) is 1. The molecule has 0 bridgehead atoms. The average Bonchev–Trinajstić information content (AvgIpc) is 2.99. The highest BCUT2D eigenvalue weighted by atomic mass is 16.2. The van der Waals surface area contributed by atoms with Crippen LogP contribution in [0.3, 0.4) is 0 Å². The number of nitrogens with one attached hydrogen (secondary N) is 2. The van der Waals surface area contributed by atoms with E-state index in [0.717, 1.165) is 18.8 Å². The van der Waals surface area contributed by atoms with E-state index in [-0.39, 0.29) is 11.9 Å². The molecule has 0 radical (unpaired) electrons. The molecule has 1 fully saturated rings. The molecule has 92 valence electrons. The SMILES string of the molecule is CCC(CC1CC1)NC(C)C(=O)NC(N)=O. The number of rotatable bonds is 6. The first-order valence-electron chi connectivity index (χ1n) is 5.89. The normalized spacial score (nSPS) is 18.9. The van der Waals surface area contributed by atoms with Gasteiger partial charge in [0.2, 0.25) is 5.91 Å². The first-order valence-corrected chi connectivity index (χ1v) is 5.89. The highest BCUT2D eigenvalue weighted by molar-refractivity contribution is 5.96. The molecular formula is C11H21N3O2. The van der Waals surface area contributed by atoms with Crippen LogP contribution in [0.2, 0.25) is 0 Å². The van der Waals surface area contributed by atoms with Crippen molar-refractivity contribution < 1.29 is 9.59 Å². The van der Waals surface area contributed by atoms with Crippen LogP contribution in [0.15, 0.2) is 0 Å². The van der Waals surface area contributed by atoms with Gasteiger partial charge in [-0.05, 0) is 25.7 Å². The number of carbonyl (C=O) groups excluding carboxylic acids is 2. The Balaban J connectivity index is 2.31. The van der Waals surface area contributed by atoms with Crippen LogP contribution in [-0.4, -0.2) is 24.0 Å². The van der Waals surface area contributed by atoms with Gasteiger partial charge in [0.15, 0.2) is 0 Å². The fraction of sp³-hybridized carbons (Fsp3) is 0.818. The number of imide groups is 1. The van der Waals surface area contributed by atoms with Gasteiger partial charge in [-0.25, -0.2) is 4.79 Å². The van der Waals surface area contributed by atoms with E-state index < -0.39 is 6.03 Å². The quantitative estimate of drug-likeness (QED) is 0.625. The fourth-order valence-electron chi connectivity index (χ4n) is 1.77. The molecule has 1 aliphatic carbocycles. The lowest BCUT2D eigenvalue weighted by Crippen LogP contribution is -2.49. The number of hydrogen-bond donors (Lipinski definition) is 3. The molecular weight excluding hydrogens is 206 g/mol. The third kappa shape index (κ3) is 4.61. The van der Waals surface area contributed by atoms with Crippen LogP contribution in [0.4, 0.5) is 4.79 Å². The number of carbonyl (C=O) groups is 2. The lowest BCUT2D eigenvalue weighted by molar-refractivity contribution is -0.121. The number of urea groups is 1. The van der Waals surface area contributed by atoms with Gasteiger partial charge in [0.25, 0.3) is 0 Å². The molecule has 1 rings (SSSR count). The van der Waals surface area contributed by atoms with Crippen LogP contribution in [0.25, 0.3) is 0 Å². The third-order valence-corrected chi connectivity index (χ3v) is 2.93. The maximum atomic E-state index is 11.4. The van der Waals surface area contributed by atoms with Crippen molar-refractivity contribution in [3.8, 4) is 0 Å². The first-order chi connectivity index (χ1) is 7.52. The third-order valence-electron chi connectivity index (χ3n) is 2.93. The Kier molecular flexibility index (Phi) is 4.73. The summed E-state index contributed by atoms with van der Waals surface area (Å²) in [5, 5.41) is 5.30. The second-order valence-corrected chi connectivity index (χ2v) is 4.53. The largest absolute Gasteiger partial charge is 0.351 e. The Morgan fingerprint density at radius 2 is 2.06 bits per heavy atom. The predicted molar refractivity (Wildman–Crippen MR) is 61.7 cm³/mol. The molecule has 1 saturated carbocycles. The topological polar surface area (TPSA) is 84.2 Å². The highest BCUT2D eigenvalue weighted by Crippen LogP contribution is 2.34. The van der Waals surface area contributed by atoms with E-state index in [1.54, 1.807) is 6.92 Å². The molecule has 0 aromatic heterocycles. The van der Waals surface area contributed by atoms with Gasteiger partial charge in [-0.1, -0.05) is 19.8 Å². The summed E-state index contributed by atoms with van der Waals surface area (Å²) in [7, 11) is 0. The van der Waals surface area contributed by atoms with Crippen molar-refractivity contribution in [3.63, 3.8) is 0 Å². The Morgan fingerprint density at radius 1 is 1.44 bits per heavy atom. The summed E-state index contributed by atoms with van der Waals surface area (Å²) in [6.45, 7) is 3.84. The Bertz CT molecular complexity index is 264. The van der Waals surface area contributed by atoms with Gasteiger partial charge >= 0.3 is 6.03 Å². The van der Waals surface area contributed by atoms with E-state index in [1.165, 1.54) is 12.8 Å². The predicted octanol–water partition coefficient (Wildman–Crippen LogP) is 0.738. The van der Waals surface area contributed by atoms with E-state index in [1.807, 2.05) is 0 Å². The number of primary amides is 1. The van der Waals surface area contributed by atoms with Gasteiger partial charge in [0, 0.05) is 6.04 Å². The minimum Gasteiger partial charge on any atom is -0.351 e. The van der Waals surface area contributed by atoms with Crippen LogP contribution >= 0.6 is 0 Å². The minimum atomic E-state index is -0.797. The highest BCUT2D eigenvalue weighted by Gasteiger charge is 2.26. The molecule has 0 saturated heterocycles. The maximum Gasteiger partial charge on any atom is 0.318 e. The summed E-state index contributed by atoms with van der Waals surface area (Å²) in [5.74, 6) is 0.464. The van der Waals surface area contributed by atoms with Crippen LogP contribution in [0.1, 0.15) is 39.5 Å². The smallest absolute Gasteiger partial charge is 0.318 e. The fourth-order valence-corrected chi connectivity index (χ4v) is 1.77. The summed E-state index contributed by atoms with van der Waals surface area (Å²) < 4.78 is 0. The van der Waals surface area contributed by atoms with Crippen molar-refractivity contribution in [3.05, 3.63) is 0 Å². The molecule has 0 aliphatic heterocycles. The molecule has 4 N–H and O–H groups in total. The zero-order chi connectivity index (χ0) is 12.1. The minimum absolute atomic E-state index is 0.348. The second kappa shape index (κ2) is 5.84. The van der Waals surface area contributed by atoms with E-state index >= 15 is 0 Å². The molecule has 0 heterocycles. The monoisotopic (exact) mass is 227 g/mol. The Labute approximate surface area is 96.1 Å². The van der Waals surface area contributed by atoms with Gasteiger partial charge in [-0.15, -0.1) is 0 Å². The molecule has 3 amide bonds. The summed E-state index contributed by atoms with van der Waals surface area (Å²) in [6.07, 6.45) is 4.72. The summed E-state index contributed by atoms with van der Waals surface area (Å²) in [4.78, 5) is 22.0. The van der Waals surface area contributed by atoms with Crippen LogP contribution in [0, 0.1) is 5.92 Å². The molecule has 2 unspecified atom stereocenters. The molecule has 2 atom stereocenters. The van der Waals surface area contributed by atoms with Crippen molar-refractivity contribution in [1.82, 2.24) is 10.6 Å². The van der Waals surface area contributed by atoms with Crippen molar-refractivity contribution in [1.29, 1.82) is 0 Å². The Morgan fingerprint density at radius 3 is 2.50 bits per heavy atom. The summed E-state index contributed by atoms with van der Waals surface area (Å²) in [6, 6.07) is -0.828. The van der Waals surface area contributed by atoms with Crippen molar-refractivity contribution in [2.75, 3.05) is 0 Å². The van der Waals surface area contributed by atoms with Gasteiger partial charge in [0.1, 0.15) is 0 Å². The van der Waals surface area contributed by atoms with Gasteiger partial charge in [0.05, 0.1) is 6.04 Å². The first kappa shape index (κ1) is 13.0.